The predicted molar refractivity (Wildman–Crippen MR) is 147 cm³/mol. The summed E-state index contributed by atoms with van der Waals surface area (Å²) in [5.74, 6) is -0.203. The molecule has 1 unspecified atom stereocenters. The smallest absolute Gasteiger partial charge is 0.251 e. The molecule has 4 aromatic rings. The van der Waals surface area contributed by atoms with E-state index >= 15 is 0 Å². The zero-order valence-corrected chi connectivity index (χ0v) is 22.2. The van der Waals surface area contributed by atoms with Crippen LogP contribution < -0.4 is 10.6 Å². The number of hydrogen-bond donors (Lipinski definition) is 3. The summed E-state index contributed by atoms with van der Waals surface area (Å²) >= 11 is 0. The van der Waals surface area contributed by atoms with Gasteiger partial charge in [0.15, 0.2) is 0 Å². The SMILES string of the molecule is CNC(=O)c1ccnc2c([C@H](C)CNc3cc(-c4ccc(C(O)C(C)C)nc4)ncn3)ccc(F)c12.S. The molecule has 2 atom stereocenters. The highest BCUT2D eigenvalue weighted by molar-refractivity contribution is 7.59. The Bertz CT molecular complexity index is 1380. The molecule has 0 saturated heterocycles. The van der Waals surface area contributed by atoms with Crippen LogP contribution in [0.25, 0.3) is 22.2 Å². The highest BCUT2D eigenvalue weighted by atomic mass is 32.1. The zero-order valence-electron chi connectivity index (χ0n) is 21.2. The van der Waals surface area contributed by atoms with E-state index in [1.807, 2.05) is 32.9 Å². The second-order valence-corrected chi connectivity index (χ2v) is 9.03. The van der Waals surface area contributed by atoms with E-state index in [1.54, 1.807) is 18.3 Å². The van der Waals surface area contributed by atoms with Gasteiger partial charge in [0, 0.05) is 48.9 Å². The minimum atomic E-state index is -0.618. The molecule has 0 aliphatic heterocycles. The Labute approximate surface area is 222 Å². The van der Waals surface area contributed by atoms with Gasteiger partial charge in [0.05, 0.1) is 28.6 Å². The Morgan fingerprint density at radius 3 is 2.51 bits per heavy atom. The van der Waals surface area contributed by atoms with Crippen molar-refractivity contribution in [1.29, 1.82) is 0 Å². The molecule has 0 aliphatic rings. The fourth-order valence-corrected chi connectivity index (χ4v) is 4.02. The van der Waals surface area contributed by atoms with Gasteiger partial charge >= 0.3 is 0 Å². The number of aromatic nitrogens is 4. The van der Waals surface area contributed by atoms with Crippen molar-refractivity contribution < 1.29 is 14.3 Å². The van der Waals surface area contributed by atoms with Crippen LogP contribution in [0.15, 0.2) is 55.1 Å². The van der Waals surface area contributed by atoms with E-state index in [0.29, 0.717) is 29.3 Å². The number of carbonyl (C=O) groups is 1. The van der Waals surface area contributed by atoms with E-state index in [1.165, 1.54) is 31.7 Å². The number of fused-ring (bicyclic) bond motifs is 1. The molecule has 1 aromatic carbocycles. The zero-order chi connectivity index (χ0) is 25.8. The molecular formula is C27H31FN6O2S. The first kappa shape index (κ1) is 27.9. The summed E-state index contributed by atoms with van der Waals surface area (Å²) in [6, 6.07) is 10.1. The molecule has 0 bridgehead atoms. The third-order valence-electron chi connectivity index (χ3n) is 6.15. The van der Waals surface area contributed by atoms with Crippen molar-refractivity contribution in [2.45, 2.75) is 32.8 Å². The quantitative estimate of drug-likeness (QED) is 0.310. The normalized spacial score (nSPS) is 12.6. The van der Waals surface area contributed by atoms with Gasteiger partial charge in [-0.1, -0.05) is 26.8 Å². The van der Waals surface area contributed by atoms with Crippen molar-refractivity contribution in [2.75, 3.05) is 18.9 Å². The van der Waals surface area contributed by atoms with Gasteiger partial charge in [-0.3, -0.25) is 14.8 Å². The Hall–Kier alpha value is -3.63. The molecule has 0 radical (unpaired) electrons. The van der Waals surface area contributed by atoms with Gasteiger partial charge in [0.1, 0.15) is 18.0 Å². The maximum Gasteiger partial charge on any atom is 0.251 e. The van der Waals surface area contributed by atoms with Crippen LogP contribution in [0.5, 0.6) is 0 Å². The number of rotatable bonds is 8. The number of aliphatic hydroxyl groups is 1. The van der Waals surface area contributed by atoms with Crippen molar-refractivity contribution in [2.24, 2.45) is 5.92 Å². The molecule has 0 spiro atoms. The average molecular weight is 523 g/mol. The highest BCUT2D eigenvalue weighted by Gasteiger charge is 2.19. The standard InChI is InChI=1S/C27H29FN6O2.H2S/c1-15(2)26(35)21-8-5-17(13-31-21)22-11-23(34-14-33-22)32-12-16(3)18-6-7-20(28)24-19(27(36)29-4)9-10-30-25(18)24;/h5-11,13-16,26,35H,12H2,1-4H3,(H,29,36)(H,32,33,34);1H2/t16-,26?;/m1./s1. The highest BCUT2D eigenvalue weighted by Crippen LogP contribution is 2.29. The van der Waals surface area contributed by atoms with Gasteiger partial charge in [0.2, 0.25) is 0 Å². The summed E-state index contributed by atoms with van der Waals surface area (Å²) in [5, 5.41) is 16.3. The summed E-state index contributed by atoms with van der Waals surface area (Å²) < 4.78 is 14.7. The van der Waals surface area contributed by atoms with Gasteiger partial charge in [-0.05, 0) is 35.7 Å². The van der Waals surface area contributed by atoms with Crippen LogP contribution in [0.1, 0.15) is 54.4 Å². The first-order chi connectivity index (χ1) is 17.3. The number of nitrogens with zero attached hydrogens (tertiary/aromatic N) is 4. The number of nitrogens with one attached hydrogen (secondary N) is 2. The molecule has 37 heavy (non-hydrogen) atoms. The average Bonchev–Trinajstić information content (AvgIpc) is 2.91. The summed E-state index contributed by atoms with van der Waals surface area (Å²) in [7, 11) is 1.51. The van der Waals surface area contributed by atoms with Crippen LogP contribution in [0.4, 0.5) is 10.2 Å². The third-order valence-corrected chi connectivity index (χ3v) is 6.15. The van der Waals surface area contributed by atoms with Gasteiger partial charge < -0.3 is 15.7 Å². The van der Waals surface area contributed by atoms with Crippen molar-refractivity contribution in [3.8, 4) is 11.3 Å². The van der Waals surface area contributed by atoms with Crippen LogP contribution in [0, 0.1) is 11.7 Å². The largest absolute Gasteiger partial charge is 0.387 e. The first-order valence-electron chi connectivity index (χ1n) is 11.8. The number of carbonyl (C=O) groups excluding carboxylic acids is 1. The minimum Gasteiger partial charge on any atom is -0.387 e. The lowest BCUT2D eigenvalue weighted by Gasteiger charge is -2.17. The lowest BCUT2D eigenvalue weighted by atomic mass is 9.95. The molecular weight excluding hydrogens is 491 g/mol. The molecule has 0 aliphatic carbocycles. The second-order valence-electron chi connectivity index (χ2n) is 9.03. The predicted octanol–water partition coefficient (Wildman–Crippen LogP) is 4.60. The van der Waals surface area contributed by atoms with Crippen LogP contribution in [-0.4, -0.2) is 44.5 Å². The topological polar surface area (TPSA) is 113 Å². The van der Waals surface area contributed by atoms with Gasteiger partial charge in [-0.25, -0.2) is 14.4 Å². The lowest BCUT2D eigenvalue weighted by molar-refractivity contribution is 0.0964. The third kappa shape index (κ3) is 6.03. The number of anilines is 1. The molecule has 3 heterocycles. The van der Waals surface area contributed by atoms with E-state index in [-0.39, 0.29) is 42.2 Å². The molecule has 1 amide bonds. The van der Waals surface area contributed by atoms with Gasteiger partial charge in [-0.2, -0.15) is 13.5 Å². The minimum absolute atomic E-state index is 0. The van der Waals surface area contributed by atoms with Gasteiger partial charge in [0.25, 0.3) is 5.91 Å². The van der Waals surface area contributed by atoms with Crippen LogP contribution >= 0.6 is 13.5 Å². The van der Waals surface area contributed by atoms with E-state index in [9.17, 15) is 14.3 Å². The Morgan fingerprint density at radius 2 is 1.84 bits per heavy atom. The number of benzene rings is 1. The maximum absolute atomic E-state index is 14.7. The number of halogens is 1. The fourth-order valence-electron chi connectivity index (χ4n) is 4.02. The number of amides is 1. The molecule has 0 saturated carbocycles. The van der Waals surface area contributed by atoms with Gasteiger partial charge in [-0.15, -0.1) is 0 Å². The van der Waals surface area contributed by atoms with Crippen LogP contribution in [0.3, 0.4) is 0 Å². The van der Waals surface area contributed by atoms with Crippen molar-refractivity contribution >= 4 is 36.1 Å². The Morgan fingerprint density at radius 1 is 1.05 bits per heavy atom. The van der Waals surface area contributed by atoms with Crippen molar-refractivity contribution in [3.05, 3.63) is 77.8 Å². The van der Waals surface area contributed by atoms with E-state index < -0.39 is 11.9 Å². The first-order valence-corrected chi connectivity index (χ1v) is 11.8. The Kier molecular flexibility index (Phi) is 9.12. The molecule has 0 fully saturated rings. The summed E-state index contributed by atoms with van der Waals surface area (Å²) in [4.78, 5) is 29.7. The van der Waals surface area contributed by atoms with E-state index in [2.05, 4.69) is 30.6 Å². The monoisotopic (exact) mass is 522 g/mol. The molecule has 8 nitrogen and oxygen atoms in total. The molecule has 10 heteroatoms. The van der Waals surface area contributed by atoms with Crippen molar-refractivity contribution in [3.63, 3.8) is 0 Å². The molecule has 194 valence electrons. The fraction of sp³-hybridized carbons (Fsp3) is 0.296. The van der Waals surface area contributed by atoms with Crippen LogP contribution in [-0.2, 0) is 0 Å². The summed E-state index contributed by atoms with van der Waals surface area (Å²) in [5.41, 5.74) is 3.66. The second kappa shape index (κ2) is 12.1. The van der Waals surface area contributed by atoms with Crippen LogP contribution in [0.2, 0.25) is 0 Å². The summed E-state index contributed by atoms with van der Waals surface area (Å²) in [6.45, 7) is 6.38. The summed E-state index contributed by atoms with van der Waals surface area (Å²) in [6.07, 6.45) is 4.07. The van der Waals surface area contributed by atoms with E-state index in [0.717, 1.165) is 11.1 Å². The molecule has 3 aromatic heterocycles. The van der Waals surface area contributed by atoms with Crippen molar-refractivity contribution in [1.82, 2.24) is 25.3 Å². The number of hydrogen-bond acceptors (Lipinski definition) is 7. The lowest BCUT2D eigenvalue weighted by Crippen LogP contribution is -2.19. The number of pyridine rings is 2. The molecule has 4 rings (SSSR count). The Balaban J connectivity index is 0.00000380. The number of aliphatic hydroxyl groups excluding tert-OH is 1. The maximum atomic E-state index is 14.7. The van der Waals surface area contributed by atoms with E-state index in [4.69, 9.17) is 0 Å². The molecule has 3 N–H and O–H groups in total.